The van der Waals surface area contributed by atoms with Gasteiger partial charge in [-0.25, -0.2) is 0 Å². The fraction of sp³-hybridized carbons (Fsp3) is 0.667. The lowest BCUT2D eigenvalue weighted by Gasteiger charge is -2.13. The van der Waals surface area contributed by atoms with Crippen molar-refractivity contribution in [2.75, 3.05) is 13.7 Å². The molecule has 0 aromatic rings. The van der Waals surface area contributed by atoms with Crippen LogP contribution in [0.4, 0.5) is 0 Å². The SMILES string of the molecule is C=CC[C@H](O)/C(C)=C\[C@@H](CC)COC. The van der Waals surface area contributed by atoms with Gasteiger partial charge in [0.25, 0.3) is 0 Å². The van der Waals surface area contributed by atoms with E-state index in [1.165, 1.54) is 0 Å². The molecule has 0 spiro atoms. The van der Waals surface area contributed by atoms with Crippen molar-refractivity contribution in [1.82, 2.24) is 0 Å². The lowest BCUT2D eigenvalue weighted by atomic mass is 10.0. The zero-order valence-corrected chi connectivity index (χ0v) is 9.49. The van der Waals surface area contributed by atoms with Crippen LogP contribution in [0, 0.1) is 5.92 Å². The number of hydrogen-bond acceptors (Lipinski definition) is 2. The monoisotopic (exact) mass is 198 g/mol. The number of ether oxygens (including phenoxy) is 1. The molecule has 0 radical (unpaired) electrons. The second kappa shape index (κ2) is 7.77. The van der Waals surface area contributed by atoms with Crippen LogP contribution in [-0.4, -0.2) is 24.9 Å². The number of rotatable bonds is 7. The summed E-state index contributed by atoms with van der Waals surface area (Å²) in [4.78, 5) is 0. The minimum Gasteiger partial charge on any atom is -0.388 e. The van der Waals surface area contributed by atoms with Crippen LogP contribution in [-0.2, 0) is 4.74 Å². The van der Waals surface area contributed by atoms with Crippen LogP contribution in [0.5, 0.6) is 0 Å². The van der Waals surface area contributed by atoms with Gasteiger partial charge < -0.3 is 9.84 Å². The van der Waals surface area contributed by atoms with Gasteiger partial charge in [0.15, 0.2) is 0 Å². The van der Waals surface area contributed by atoms with E-state index in [4.69, 9.17) is 4.74 Å². The zero-order valence-electron chi connectivity index (χ0n) is 9.49. The number of aliphatic hydroxyl groups excluding tert-OH is 1. The number of methoxy groups -OCH3 is 1. The summed E-state index contributed by atoms with van der Waals surface area (Å²) in [6.07, 6.45) is 5.09. The molecule has 0 aliphatic heterocycles. The molecule has 0 saturated carbocycles. The van der Waals surface area contributed by atoms with E-state index in [9.17, 15) is 5.11 Å². The summed E-state index contributed by atoms with van der Waals surface area (Å²) in [5.41, 5.74) is 1.01. The molecule has 0 aliphatic rings. The first-order valence-electron chi connectivity index (χ1n) is 5.11. The quantitative estimate of drug-likeness (QED) is 0.637. The molecule has 0 aliphatic carbocycles. The Kier molecular flexibility index (Phi) is 7.44. The van der Waals surface area contributed by atoms with Gasteiger partial charge in [-0.3, -0.25) is 0 Å². The Labute approximate surface area is 87.3 Å². The second-order valence-corrected chi connectivity index (χ2v) is 3.57. The highest BCUT2D eigenvalue weighted by molar-refractivity contribution is 5.08. The average Bonchev–Trinajstić information content (AvgIpc) is 2.17. The molecule has 2 nitrogen and oxygen atoms in total. The minimum atomic E-state index is -0.390. The maximum atomic E-state index is 9.65. The van der Waals surface area contributed by atoms with Gasteiger partial charge in [-0.05, 0) is 25.3 Å². The minimum absolute atomic E-state index is 0.390. The first kappa shape index (κ1) is 13.4. The van der Waals surface area contributed by atoms with Crippen molar-refractivity contribution in [2.45, 2.75) is 32.8 Å². The standard InChI is InChI=1S/C12H22O2/c1-5-7-12(13)10(3)8-11(6-2)9-14-4/h5,8,11-13H,1,6-7,9H2,2-4H3/b10-8-/t11-,12+/m1/s1. The Morgan fingerprint density at radius 3 is 2.64 bits per heavy atom. The largest absolute Gasteiger partial charge is 0.388 e. The maximum absolute atomic E-state index is 9.65. The van der Waals surface area contributed by atoms with Crippen LogP contribution < -0.4 is 0 Å². The molecule has 0 amide bonds. The molecule has 1 N–H and O–H groups in total. The van der Waals surface area contributed by atoms with E-state index < -0.39 is 6.10 Å². The fourth-order valence-corrected chi connectivity index (χ4v) is 1.32. The van der Waals surface area contributed by atoms with Crippen molar-refractivity contribution < 1.29 is 9.84 Å². The first-order valence-corrected chi connectivity index (χ1v) is 5.11. The van der Waals surface area contributed by atoms with E-state index >= 15 is 0 Å². The molecule has 0 unspecified atom stereocenters. The summed E-state index contributed by atoms with van der Waals surface area (Å²) in [5.74, 6) is 0.402. The Balaban J connectivity index is 4.22. The molecule has 2 heteroatoms. The van der Waals surface area contributed by atoms with E-state index in [1.807, 2.05) is 6.92 Å². The van der Waals surface area contributed by atoms with E-state index in [-0.39, 0.29) is 0 Å². The molecule has 0 aromatic carbocycles. The smallest absolute Gasteiger partial charge is 0.0781 e. The third-order valence-corrected chi connectivity index (χ3v) is 2.32. The Bertz CT molecular complexity index is 185. The summed E-state index contributed by atoms with van der Waals surface area (Å²) in [5, 5.41) is 9.65. The lowest BCUT2D eigenvalue weighted by Crippen LogP contribution is -2.11. The predicted octanol–water partition coefficient (Wildman–Crippen LogP) is 2.54. The summed E-state index contributed by atoms with van der Waals surface area (Å²) in [7, 11) is 1.70. The third-order valence-electron chi connectivity index (χ3n) is 2.32. The number of hydrogen-bond donors (Lipinski definition) is 1. The Hall–Kier alpha value is -0.600. The van der Waals surface area contributed by atoms with Crippen LogP contribution in [0.3, 0.4) is 0 Å². The predicted molar refractivity (Wildman–Crippen MR) is 60.2 cm³/mol. The van der Waals surface area contributed by atoms with Crippen LogP contribution in [0.1, 0.15) is 26.7 Å². The highest BCUT2D eigenvalue weighted by Crippen LogP contribution is 2.13. The van der Waals surface area contributed by atoms with E-state index in [1.54, 1.807) is 13.2 Å². The van der Waals surface area contributed by atoms with Crippen molar-refractivity contribution in [3.8, 4) is 0 Å². The molecule has 82 valence electrons. The second-order valence-electron chi connectivity index (χ2n) is 3.57. The molecular weight excluding hydrogens is 176 g/mol. The molecule has 0 aromatic heterocycles. The molecule has 2 atom stereocenters. The molecule has 0 rings (SSSR count). The molecular formula is C12H22O2. The molecule has 0 bridgehead atoms. The summed E-state index contributed by atoms with van der Waals surface area (Å²) in [6.45, 7) is 8.39. The van der Waals surface area contributed by atoms with Gasteiger partial charge in [-0.2, -0.15) is 0 Å². The van der Waals surface area contributed by atoms with Crippen LogP contribution in [0.2, 0.25) is 0 Å². The lowest BCUT2D eigenvalue weighted by molar-refractivity contribution is 0.166. The maximum Gasteiger partial charge on any atom is 0.0781 e. The number of aliphatic hydroxyl groups is 1. The first-order chi connectivity index (χ1) is 6.65. The van der Waals surface area contributed by atoms with Crippen LogP contribution >= 0.6 is 0 Å². The van der Waals surface area contributed by atoms with E-state index in [0.29, 0.717) is 18.9 Å². The van der Waals surface area contributed by atoms with Gasteiger partial charge in [0, 0.05) is 13.0 Å². The van der Waals surface area contributed by atoms with Gasteiger partial charge in [0.1, 0.15) is 0 Å². The molecule has 0 saturated heterocycles. The van der Waals surface area contributed by atoms with Gasteiger partial charge >= 0.3 is 0 Å². The third kappa shape index (κ3) is 5.20. The highest BCUT2D eigenvalue weighted by Gasteiger charge is 2.07. The van der Waals surface area contributed by atoms with Gasteiger partial charge in [0.05, 0.1) is 12.7 Å². The Morgan fingerprint density at radius 2 is 2.21 bits per heavy atom. The van der Waals surface area contributed by atoms with Gasteiger partial charge in [-0.1, -0.05) is 19.1 Å². The van der Waals surface area contributed by atoms with Crippen LogP contribution in [0.25, 0.3) is 0 Å². The van der Waals surface area contributed by atoms with Crippen molar-refractivity contribution in [3.05, 3.63) is 24.3 Å². The van der Waals surface area contributed by atoms with E-state index in [0.717, 1.165) is 12.0 Å². The summed E-state index contributed by atoms with van der Waals surface area (Å²) in [6, 6.07) is 0. The topological polar surface area (TPSA) is 29.5 Å². The van der Waals surface area contributed by atoms with Crippen molar-refractivity contribution in [2.24, 2.45) is 5.92 Å². The van der Waals surface area contributed by atoms with Gasteiger partial charge in [0.2, 0.25) is 0 Å². The Morgan fingerprint density at radius 1 is 1.57 bits per heavy atom. The van der Waals surface area contributed by atoms with Crippen molar-refractivity contribution >= 4 is 0 Å². The zero-order chi connectivity index (χ0) is 11.0. The van der Waals surface area contributed by atoms with E-state index in [2.05, 4.69) is 19.6 Å². The van der Waals surface area contributed by atoms with Gasteiger partial charge in [-0.15, -0.1) is 6.58 Å². The molecule has 0 fully saturated rings. The van der Waals surface area contributed by atoms with Crippen LogP contribution in [0.15, 0.2) is 24.3 Å². The fourth-order valence-electron chi connectivity index (χ4n) is 1.32. The summed E-state index contributed by atoms with van der Waals surface area (Å²) < 4.78 is 5.09. The van der Waals surface area contributed by atoms with Crippen molar-refractivity contribution in [3.63, 3.8) is 0 Å². The molecule has 0 heterocycles. The summed E-state index contributed by atoms with van der Waals surface area (Å²) >= 11 is 0. The van der Waals surface area contributed by atoms with Crippen molar-refractivity contribution in [1.29, 1.82) is 0 Å². The molecule has 14 heavy (non-hydrogen) atoms. The normalized spacial score (nSPS) is 16.4. The average molecular weight is 198 g/mol. The highest BCUT2D eigenvalue weighted by atomic mass is 16.5.